The standard InChI is InChI=1S/C21H20N2O4/c1-14-8-9-15(20(24)22-2)12-18(14)23-21(25)19-11-10-17(27-19)13-26-16-6-4-3-5-7-16/h3-12H,13H2,1-2H3,(H,22,24)(H,23,25). The van der Waals surface area contributed by atoms with E-state index in [1.54, 1.807) is 37.4 Å². The largest absolute Gasteiger partial charge is 0.486 e. The van der Waals surface area contributed by atoms with Crippen molar-refractivity contribution < 1.29 is 18.7 Å². The molecule has 0 fully saturated rings. The molecule has 138 valence electrons. The van der Waals surface area contributed by atoms with Gasteiger partial charge in [0.05, 0.1) is 0 Å². The first-order valence-electron chi connectivity index (χ1n) is 8.47. The van der Waals surface area contributed by atoms with Gasteiger partial charge in [-0.3, -0.25) is 9.59 Å². The highest BCUT2D eigenvalue weighted by molar-refractivity contribution is 6.04. The topological polar surface area (TPSA) is 80.6 Å². The lowest BCUT2D eigenvalue weighted by Crippen LogP contribution is -2.18. The summed E-state index contributed by atoms with van der Waals surface area (Å²) in [4.78, 5) is 24.2. The number of aryl methyl sites for hydroxylation is 1. The molecule has 1 heterocycles. The van der Waals surface area contributed by atoms with Crippen LogP contribution in [0.2, 0.25) is 0 Å². The van der Waals surface area contributed by atoms with Gasteiger partial charge in [-0.25, -0.2) is 0 Å². The molecule has 0 bridgehead atoms. The zero-order chi connectivity index (χ0) is 19.2. The molecular weight excluding hydrogens is 344 g/mol. The van der Waals surface area contributed by atoms with E-state index >= 15 is 0 Å². The lowest BCUT2D eigenvalue weighted by Gasteiger charge is -2.09. The molecule has 2 aromatic carbocycles. The van der Waals surface area contributed by atoms with Crippen molar-refractivity contribution in [3.63, 3.8) is 0 Å². The zero-order valence-corrected chi connectivity index (χ0v) is 15.1. The molecule has 0 saturated carbocycles. The maximum atomic E-state index is 12.5. The monoisotopic (exact) mass is 364 g/mol. The molecule has 0 spiro atoms. The second kappa shape index (κ2) is 8.23. The van der Waals surface area contributed by atoms with E-state index in [0.29, 0.717) is 17.0 Å². The van der Waals surface area contributed by atoms with E-state index in [1.807, 2.05) is 37.3 Å². The predicted octanol–water partition coefficient (Wildman–Crippen LogP) is 3.78. The molecule has 6 heteroatoms. The van der Waals surface area contributed by atoms with E-state index in [0.717, 1.165) is 11.3 Å². The number of rotatable bonds is 6. The van der Waals surface area contributed by atoms with Crippen molar-refractivity contribution in [1.29, 1.82) is 0 Å². The summed E-state index contributed by atoms with van der Waals surface area (Å²) in [7, 11) is 1.56. The number of nitrogens with one attached hydrogen (secondary N) is 2. The molecule has 0 saturated heterocycles. The molecular formula is C21H20N2O4. The van der Waals surface area contributed by atoms with Gasteiger partial charge in [0.2, 0.25) is 0 Å². The molecule has 2 amide bonds. The van der Waals surface area contributed by atoms with E-state index in [2.05, 4.69) is 10.6 Å². The first-order valence-corrected chi connectivity index (χ1v) is 8.47. The number of hydrogen-bond acceptors (Lipinski definition) is 4. The normalized spacial score (nSPS) is 10.3. The van der Waals surface area contributed by atoms with E-state index < -0.39 is 5.91 Å². The van der Waals surface area contributed by atoms with Gasteiger partial charge in [-0.15, -0.1) is 0 Å². The molecule has 3 aromatic rings. The summed E-state index contributed by atoms with van der Waals surface area (Å²) >= 11 is 0. The molecule has 0 aliphatic heterocycles. The average molecular weight is 364 g/mol. The highest BCUT2D eigenvalue weighted by atomic mass is 16.5. The van der Waals surface area contributed by atoms with Crippen LogP contribution in [0.25, 0.3) is 0 Å². The van der Waals surface area contributed by atoms with E-state index in [4.69, 9.17) is 9.15 Å². The van der Waals surface area contributed by atoms with Crippen LogP contribution in [0.4, 0.5) is 5.69 Å². The lowest BCUT2D eigenvalue weighted by molar-refractivity contribution is 0.0960. The van der Waals surface area contributed by atoms with Crippen LogP contribution in [-0.2, 0) is 6.61 Å². The SMILES string of the molecule is CNC(=O)c1ccc(C)c(NC(=O)c2ccc(COc3ccccc3)o2)c1. The van der Waals surface area contributed by atoms with Crippen molar-refractivity contribution in [2.75, 3.05) is 12.4 Å². The first kappa shape index (κ1) is 18.3. The Kier molecular flexibility index (Phi) is 5.56. The van der Waals surface area contributed by atoms with Crippen molar-refractivity contribution >= 4 is 17.5 Å². The molecule has 0 aliphatic rings. The molecule has 0 unspecified atom stereocenters. The van der Waals surface area contributed by atoms with Crippen molar-refractivity contribution in [2.24, 2.45) is 0 Å². The summed E-state index contributed by atoms with van der Waals surface area (Å²) in [5, 5.41) is 5.34. The Hall–Kier alpha value is -3.54. The van der Waals surface area contributed by atoms with Crippen LogP contribution in [0.5, 0.6) is 5.75 Å². The number of ether oxygens (including phenoxy) is 1. The third-order valence-electron chi connectivity index (χ3n) is 3.98. The molecule has 0 aliphatic carbocycles. The predicted molar refractivity (Wildman–Crippen MR) is 102 cm³/mol. The number of carbonyl (C=O) groups is 2. The molecule has 3 rings (SSSR count). The van der Waals surface area contributed by atoms with Gasteiger partial charge >= 0.3 is 0 Å². The second-order valence-electron chi connectivity index (χ2n) is 5.93. The van der Waals surface area contributed by atoms with Gasteiger partial charge in [0.15, 0.2) is 5.76 Å². The van der Waals surface area contributed by atoms with E-state index in [1.165, 1.54) is 0 Å². The summed E-state index contributed by atoms with van der Waals surface area (Å²) in [5.41, 5.74) is 1.87. The van der Waals surface area contributed by atoms with Crippen LogP contribution < -0.4 is 15.4 Å². The summed E-state index contributed by atoms with van der Waals surface area (Å²) < 4.78 is 11.2. The van der Waals surface area contributed by atoms with E-state index in [9.17, 15) is 9.59 Å². The number of anilines is 1. The Morgan fingerprint density at radius 3 is 2.52 bits per heavy atom. The summed E-state index contributed by atoms with van der Waals surface area (Å²) in [6.07, 6.45) is 0. The van der Waals surface area contributed by atoms with Gasteiger partial charge in [-0.2, -0.15) is 0 Å². The number of furan rings is 1. The first-order chi connectivity index (χ1) is 13.1. The van der Waals surface area contributed by atoms with Crippen LogP contribution in [0.3, 0.4) is 0 Å². The quantitative estimate of drug-likeness (QED) is 0.697. The third kappa shape index (κ3) is 4.55. The van der Waals surface area contributed by atoms with Gasteiger partial charge in [0, 0.05) is 18.3 Å². The number of para-hydroxylation sites is 1. The van der Waals surface area contributed by atoms with Crippen LogP contribution in [0.15, 0.2) is 65.1 Å². The van der Waals surface area contributed by atoms with Gasteiger partial charge in [0.1, 0.15) is 18.1 Å². The number of hydrogen-bond donors (Lipinski definition) is 2. The van der Waals surface area contributed by atoms with Gasteiger partial charge in [-0.05, 0) is 48.9 Å². The Balaban J connectivity index is 1.67. The Bertz CT molecular complexity index is 948. The molecule has 0 radical (unpaired) electrons. The minimum absolute atomic E-state index is 0.173. The Morgan fingerprint density at radius 1 is 1.00 bits per heavy atom. The highest BCUT2D eigenvalue weighted by Crippen LogP contribution is 2.19. The van der Waals surface area contributed by atoms with Crippen molar-refractivity contribution in [3.8, 4) is 5.75 Å². The van der Waals surface area contributed by atoms with Gasteiger partial charge in [0.25, 0.3) is 11.8 Å². The smallest absolute Gasteiger partial charge is 0.291 e. The van der Waals surface area contributed by atoms with Crippen LogP contribution in [0.1, 0.15) is 32.2 Å². The van der Waals surface area contributed by atoms with Crippen LogP contribution in [-0.4, -0.2) is 18.9 Å². The van der Waals surface area contributed by atoms with Gasteiger partial charge in [-0.1, -0.05) is 24.3 Å². The Morgan fingerprint density at radius 2 is 1.78 bits per heavy atom. The Labute approximate surface area is 157 Å². The van der Waals surface area contributed by atoms with Crippen molar-refractivity contribution in [1.82, 2.24) is 5.32 Å². The molecule has 2 N–H and O–H groups in total. The van der Waals surface area contributed by atoms with Crippen LogP contribution in [0, 0.1) is 6.92 Å². The number of amides is 2. The number of benzene rings is 2. The van der Waals surface area contributed by atoms with E-state index in [-0.39, 0.29) is 18.3 Å². The molecule has 27 heavy (non-hydrogen) atoms. The molecule has 0 atom stereocenters. The average Bonchev–Trinajstić information content (AvgIpc) is 3.17. The van der Waals surface area contributed by atoms with Crippen molar-refractivity contribution in [3.05, 3.63) is 83.3 Å². The molecule has 6 nitrogen and oxygen atoms in total. The highest BCUT2D eigenvalue weighted by Gasteiger charge is 2.14. The lowest BCUT2D eigenvalue weighted by atomic mass is 10.1. The maximum Gasteiger partial charge on any atom is 0.291 e. The molecule has 1 aromatic heterocycles. The summed E-state index contributed by atoms with van der Waals surface area (Å²) in [6.45, 7) is 2.08. The maximum absolute atomic E-state index is 12.5. The van der Waals surface area contributed by atoms with Gasteiger partial charge < -0.3 is 19.8 Å². The summed E-state index contributed by atoms with van der Waals surface area (Å²) in [6, 6.07) is 17.8. The number of carbonyl (C=O) groups excluding carboxylic acids is 2. The minimum atomic E-state index is -0.391. The fourth-order valence-electron chi connectivity index (χ4n) is 2.47. The third-order valence-corrected chi connectivity index (χ3v) is 3.98. The second-order valence-corrected chi connectivity index (χ2v) is 5.93. The summed E-state index contributed by atoms with van der Waals surface area (Å²) in [5.74, 6) is 0.828. The minimum Gasteiger partial charge on any atom is -0.486 e. The fraction of sp³-hybridized carbons (Fsp3) is 0.143. The van der Waals surface area contributed by atoms with Crippen molar-refractivity contribution in [2.45, 2.75) is 13.5 Å². The van der Waals surface area contributed by atoms with Crippen LogP contribution >= 0.6 is 0 Å². The zero-order valence-electron chi connectivity index (χ0n) is 15.1. The fourth-order valence-corrected chi connectivity index (χ4v) is 2.47.